The van der Waals surface area contributed by atoms with Gasteiger partial charge in [0.05, 0.1) is 5.41 Å². The number of hydrogen-bond acceptors (Lipinski definition) is 4. The van der Waals surface area contributed by atoms with Gasteiger partial charge in [-0.15, -0.1) is 0 Å². The molecular weight excluding hydrogens is 196 g/mol. The zero-order valence-corrected chi connectivity index (χ0v) is 9.55. The summed E-state index contributed by atoms with van der Waals surface area (Å²) in [5.74, 6) is 1.03. The van der Waals surface area contributed by atoms with E-state index in [2.05, 4.69) is 6.58 Å². The van der Waals surface area contributed by atoms with Crippen LogP contribution in [0.15, 0.2) is 24.0 Å². The molecule has 0 fully saturated rings. The third-order valence-corrected chi connectivity index (χ3v) is 1.84. The van der Waals surface area contributed by atoms with Crippen molar-refractivity contribution in [3.8, 4) is 0 Å². The number of carbonyl (C=O) groups is 1. The predicted octanol–water partition coefficient (Wildman–Crippen LogP) is 2.33. The van der Waals surface area contributed by atoms with Crippen molar-refractivity contribution in [1.82, 2.24) is 0 Å². The minimum atomic E-state index is -0.509. The van der Waals surface area contributed by atoms with Crippen LogP contribution < -0.4 is 0 Å². The normalized spacial score (nSPS) is 16.1. The fourth-order valence-electron chi connectivity index (χ4n) is 0.936. The molecule has 1 rings (SSSR count). The van der Waals surface area contributed by atoms with E-state index in [-0.39, 0.29) is 18.5 Å². The van der Waals surface area contributed by atoms with Gasteiger partial charge in [0.15, 0.2) is 12.4 Å². The second kappa shape index (κ2) is 3.96. The van der Waals surface area contributed by atoms with Gasteiger partial charge in [0, 0.05) is 0 Å². The van der Waals surface area contributed by atoms with E-state index in [1.54, 1.807) is 27.7 Å². The second-order valence-electron chi connectivity index (χ2n) is 4.38. The van der Waals surface area contributed by atoms with E-state index in [4.69, 9.17) is 14.2 Å². The molecule has 0 aromatic rings. The van der Waals surface area contributed by atoms with Crippen molar-refractivity contribution >= 4 is 5.97 Å². The smallest absolute Gasteiger partial charge is 0.311 e. The summed E-state index contributed by atoms with van der Waals surface area (Å²) in [4.78, 5) is 11.4. The molecule has 0 saturated heterocycles. The predicted molar refractivity (Wildman–Crippen MR) is 54.4 cm³/mol. The number of ether oxygens (including phenoxy) is 3. The molecule has 0 atom stereocenters. The number of carbonyl (C=O) groups excluding carboxylic acids is 1. The Labute approximate surface area is 89.5 Å². The van der Waals surface area contributed by atoms with Crippen molar-refractivity contribution in [2.24, 2.45) is 5.41 Å². The van der Waals surface area contributed by atoms with Crippen LogP contribution in [0.1, 0.15) is 27.7 Å². The van der Waals surface area contributed by atoms with Crippen molar-refractivity contribution in [2.45, 2.75) is 27.7 Å². The fraction of sp³-hybridized carbons (Fsp3) is 0.545. The Morgan fingerprint density at radius 3 is 2.40 bits per heavy atom. The van der Waals surface area contributed by atoms with Crippen LogP contribution in [0.2, 0.25) is 0 Å². The molecule has 0 aliphatic carbocycles. The summed E-state index contributed by atoms with van der Waals surface area (Å²) in [6, 6.07) is 0. The first kappa shape index (κ1) is 11.6. The molecule has 0 spiro atoms. The average Bonchev–Trinajstić information content (AvgIpc) is 2.39. The monoisotopic (exact) mass is 212 g/mol. The largest absolute Gasteiger partial charge is 0.457 e. The van der Waals surface area contributed by atoms with E-state index >= 15 is 0 Å². The fourth-order valence-corrected chi connectivity index (χ4v) is 0.936. The van der Waals surface area contributed by atoms with Crippen molar-refractivity contribution in [3.05, 3.63) is 24.0 Å². The van der Waals surface area contributed by atoms with Gasteiger partial charge in [-0.3, -0.25) is 4.79 Å². The molecule has 1 heterocycles. The number of hydrogen-bond donors (Lipinski definition) is 0. The molecule has 0 bridgehead atoms. The highest BCUT2D eigenvalue weighted by atomic mass is 16.7. The van der Waals surface area contributed by atoms with Gasteiger partial charge in [0.1, 0.15) is 5.76 Å². The molecule has 0 unspecified atom stereocenters. The summed E-state index contributed by atoms with van der Waals surface area (Å²) in [6.07, 6.45) is 0. The summed E-state index contributed by atoms with van der Waals surface area (Å²) < 4.78 is 15.3. The number of allylic oxidation sites excluding steroid dienone is 1. The Hall–Kier alpha value is -1.45. The maximum atomic E-state index is 11.4. The van der Waals surface area contributed by atoms with Gasteiger partial charge in [-0.2, -0.15) is 0 Å². The van der Waals surface area contributed by atoms with Gasteiger partial charge in [0.25, 0.3) is 5.95 Å². The van der Waals surface area contributed by atoms with Gasteiger partial charge in [-0.05, 0) is 34.3 Å². The lowest BCUT2D eigenvalue weighted by Gasteiger charge is -2.16. The minimum absolute atomic E-state index is 0.0843. The molecule has 0 aromatic heterocycles. The molecule has 84 valence electrons. The molecule has 0 saturated carbocycles. The molecule has 0 aromatic carbocycles. The SMILES string of the molecule is C=C1OC(C)=C(COC(=O)C(C)(C)C)O1. The van der Waals surface area contributed by atoms with Gasteiger partial charge >= 0.3 is 5.97 Å². The molecule has 1 aliphatic rings. The maximum absolute atomic E-state index is 11.4. The van der Waals surface area contributed by atoms with Crippen LogP contribution in [-0.2, 0) is 19.0 Å². The first-order valence-corrected chi connectivity index (χ1v) is 4.72. The minimum Gasteiger partial charge on any atom is -0.457 e. The zero-order valence-electron chi connectivity index (χ0n) is 9.55. The summed E-state index contributed by atoms with van der Waals surface area (Å²) in [7, 11) is 0. The third-order valence-electron chi connectivity index (χ3n) is 1.84. The van der Waals surface area contributed by atoms with Gasteiger partial charge in [-0.25, -0.2) is 0 Å². The van der Waals surface area contributed by atoms with E-state index in [9.17, 15) is 4.79 Å². The second-order valence-corrected chi connectivity index (χ2v) is 4.38. The van der Waals surface area contributed by atoms with E-state index in [0.29, 0.717) is 11.5 Å². The maximum Gasteiger partial charge on any atom is 0.311 e. The molecule has 0 radical (unpaired) electrons. The highest BCUT2D eigenvalue weighted by molar-refractivity contribution is 5.75. The lowest BCUT2D eigenvalue weighted by atomic mass is 9.97. The third kappa shape index (κ3) is 3.01. The first-order chi connectivity index (χ1) is 6.80. The van der Waals surface area contributed by atoms with Crippen LogP contribution >= 0.6 is 0 Å². The van der Waals surface area contributed by atoms with Crippen LogP contribution in [-0.4, -0.2) is 12.6 Å². The molecule has 4 nitrogen and oxygen atoms in total. The Bertz CT molecular complexity index is 320. The Morgan fingerprint density at radius 1 is 1.40 bits per heavy atom. The van der Waals surface area contributed by atoms with Crippen molar-refractivity contribution in [3.63, 3.8) is 0 Å². The highest BCUT2D eigenvalue weighted by Gasteiger charge is 2.25. The molecule has 1 aliphatic heterocycles. The van der Waals surface area contributed by atoms with Gasteiger partial charge in [-0.1, -0.05) is 0 Å². The van der Waals surface area contributed by atoms with Crippen LogP contribution in [0.5, 0.6) is 0 Å². The van der Waals surface area contributed by atoms with Crippen molar-refractivity contribution < 1.29 is 19.0 Å². The summed E-state index contributed by atoms with van der Waals surface area (Å²) in [6.45, 7) is 10.7. The van der Waals surface area contributed by atoms with E-state index in [0.717, 1.165) is 0 Å². The van der Waals surface area contributed by atoms with Crippen LogP contribution in [0, 0.1) is 5.41 Å². The highest BCUT2D eigenvalue weighted by Crippen LogP contribution is 2.24. The van der Waals surface area contributed by atoms with Gasteiger partial charge in [0.2, 0.25) is 0 Å². The molecular formula is C11H16O4. The van der Waals surface area contributed by atoms with E-state index in [1.807, 2.05) is 0 Å². The summed E-state index contributed by atoms with van der Waals surface area (Å²) >= 11 is 0. The average molecular weight is 212 g/mol. The standard InChI is InChI=1S/C11H16O4/c1-7-9(15-8(2)14-7)6-13-10(12)11(3,4)5/h2,6H2,1,3-5H3. The van der Waals surface area contributed by atoms with Crippen molar-refractivity contribution in [2.75, 3.05) is 6.61 Å². The Morgan fingerprint density at radius 2 is 2.00 bits per heavy atom. The van der Waals surface area contributed by atoms with Crippen LogP contribution in [0.25, 0.3) is 0 Å². The Balaban J connectivity index is 2.49. The quantitative estimate of drug-likeness (QED) is 0.659. The van der Waals surface area contributed by atoms with E-state index < -0.39 is 5.41 Å². The summed E-state index contributed by atoms with van der Waals surface area (Å²) in [5.41, 5.74) is -0.509. The number of rotatable bonds is 2. The van der Waals surface area contributed by atoms with Crippen LogP contribution in [0.4, 0.5) is 0 Å². The van der Waals surface area contributed by atoms with E-state index in [1.165, 1.54) is 0 Å². The molecule has 4 heteroatoms. The topological polar surface area (TPSA) is 44.8 Å². The Kier molecular flexibility index (Phi) is 3.07. The molecule has 0 N–H and O–H groups in total. The number of esters is 1. The van der Waals surface area contributed by atoms with Crippen LogP contribution in [0.3, 0.4) is 0 Å². The summed E-state index contributed by atoms with van der Waals surface area (Å²) in [5, 5.41) is 0. The van der Waals surface area contributed by atoms with Gasteiger partial charge < -0.3 is 14.2 Å². The van der Waals surface area contributed by atoms with Crippen molar-refractivity contribution in [1.29, 1.82) is 0 Å². The lowest BCUT2D eigenvalue weighted by molar-refractivity contribution is -0.152. The molecule has 0 amide bonds. The molecule has 15 heavy (non-hydrogen) atoms. The lowest BCUT2D eigenvalue weighted by Crippen LogP contribution is -2.23. The zero-order chi connectivity index (χ0) is 11.6. The first-order valence-electron chi connectivity index (χ1n) is 4.72.